The van der Waals surface area contributed by atoms with Crippen molar-refractivity contribution in [1.29, 1.82) is 0 Å². The number of hydrogen-bond donors (Lipinski definition) is 1. The highest BCUT2D eigenvalue weighted by molar-refractivity contribution is 6.07. The van der Waals surface area contributed by atoms with Gasteiger partial charge in [0.1, 0.15) is 18.1 Å². The summed E-state index contributed by atoms with van der Waals surface area (Å²) in [4.78, 5) is 23.4. The number of anilines is 2. The Balaban J connectivity index is 1.52. The van der Waals surface area contributed by atoms with Crippen LogP contribution in [0.1, 0.15) is 16.1 Å². The van der Waals surface area contributed by atoms with Crippen LogP contribution in [-0.2, 0) is 6.61 Å². The van der Waals surface area contributed by atoms with E-state index in [0.717, 1.165) is 11.3 Å². The maximum absolute atomic E-state index is 12.8. The number of nitrogens with one attached hydrogen (secondary N) is 1. The predicted molar refractivity (Wildman–Crippen MR) is 119 cm³/mol. The number of pyridine rings is 2. The van der Waals surface area contributed by atoms with E-state index < -0.39 is 0 Å². The number of carbonyl (C=O) groups is 1. The fourth-order valence-electron chi connectivity index (χ4n) is 3.20. The second-order valence-electron chi connectivity index (χ2n) is 7.08. The molecule has 0 spiro atoms. The molecule has 0 saturated carbocycles. The minimum absolute atomic E-state index is 0.256. The number of ether oxygens (including phenoxy) is 2. The Labute approximate surface area is 180 Å². The van der Waals surface area contributed by atoms with Gasteiger partial charge in [0.05, 0.1) is 18.4 Å². The molecule has 0 bridgehead atoms. The summed E-state index contributed by atoms with van der Waals surface area (Å²) in [5.74, 6) is 1.42. The first-order valence-electron chi connectivity index (χ1n) is 9.72. The summed E-state index contributed by atoms with van der Waals surface area (Å²) >= 11 is 0. The van der Waals surface area contributed by atoms with Crippen molar-refractivity contribution in [2.24, 2.45) is 0 Å². The molecule has 0 unspecified atom stereocenters. The highest BCUT2D eigenvalue weighted by Gasteiger charge is 2.15. The maximum Gasteiger partial charge on any atom is 0.259 e. The Morgan fingerprint density at radius 2 is 2.00 bits per heavy atom. The minimum atomic E-state index is -0.256. The van der Waals surface area contributed by atoms with Gasteiger partial charge >= 0.3 is 0 Å². The monoisotopic (exact) mass is 417 g/mol. The predicted octanol–water partition coefficient (Wildman–Crippen LogP) is 3.64. The average Bonchev–Trinajstić information content (AvgIpc) is 3.21. The number of hydrogen-bond acceptors (Lipinski definition) is 6. The molecule has 0 aliphatic carbocycles. The molecule has 1 aromatic carbocycles. The molecule has 4 rings (SSSR count). The van der Waals surface area contributed by atoms with Crippen molar-refractivity contribution in [3.05, 3.63) is 78.4 Å². The van der Waals surface area contributed by atoms with Crippen LogP contribution in [0.3, 0.4) is 0 Å². The average molecular weight is 417 g/mol. The molecule has 0 aliphatic rings. The molecule has 8 nitrogen and oxygen atoms in total. The topological polar surface area (TPSA) is 81.0 Å². The summed E-state index contributed by atoms with van der Waals surface area (Å²) in [7, 11) is 5.26. The van der Waals surface area contributed by atoms with Crippen LogP contribution in [0.4, 0.5) is 11.5 Å². The minimum Gasteiger partial charge on any atom is -0.493 e. The molecule has 8 heteroatoms. The van der Waals surface area contributed by atoms with E-state index in [2.05, 4.69) is 15.3 Å². The maximum atomic E-state index is 12.8. The fraction of sp³-hybridized carbons (Fsp3) is 0.174. The Hall–Kier alpha value is -4.07. The molecule has 1 N–H and O–H groups in total. The molecule has 0 fully saturated rings. The van der Waals surface area contributed by atoms with Gasteiger partial charge < -0.3 is 24.1 Å². The lowest BCUT2D eigenvalue weighted by molar-refractivity contribution is 0.102. The van der Waals surface area contributed by atoms with Crippen LogP contribution >= 0.6 is 0 Å². The summed E-state index contributed by atoms with van der Waals surface area (Å²) in [5, 5.41) is 2.90. The molecule has 1 amide bonds. The van der Waals surface area contributed by atoms with E-state index in [1.54, 1.807) is 48.5 Å². The van der Waals surface area contributed by atoms with Gasteiger partial charge in [-0.2, -0.15) is 0 Å². The van der Waals surface area contributed by atoms with Gasteiger partial charge in [0, 0.05) is 44.4 Å². The van der Waals surface area contributed by atoms with E-state index in [4.69, 9.17) is 9.47 Å². The standard InChI is InChI=1S/C23H23N5O3/c1-27(2)22-18(7-6-11-24-22)23(29)26-16-9-10-19(30-3)20(13-16)31-15-17-14-28-12-5-4-8-21(28)25-17/h4-14H,15H2,1-3H3,(H,26,29). The number of imidazole rings is 1. The molecule has 3 heterocycles. The summed E-state index contributed by atoms with van der Waals surface area (Å²) in [6.45, 7) is 0.267. The number of carbonyl (C=O) groups excluding carboxylic acids is 1. The number of amides is 1. The van der Waals surface area contributed by atoms with Crippen LogP contribution in [-0.4, -0.2) is 41.5 Å². The zero-order valence-electron chi connectivity index (χ0n) is 17.6. The van der Waals surface area contributed by atoms with Crippen LogP contribution in [0.5, 0.6) is 11.5 Å². The van der Waals surface area contributed by atoms with Crippen LogP contribution in [0.2, 0.25) is 0 Å². The van der Waals surface area contributed by atoms with Crippen molar-refractivity contribution in [2.45, 2.75) is 6.61 Å². The third-order valence-corrected chi connectivity index (χ3v) is 4.67. The van der Waals surface area contributed by atoms with Gasteiger partial charge in [0.15, 0.2) is 11.5 Å². The van der Waals surface area contributed by atoms with Gasteiger partial charge in [-0.3, -0.25) is 4.79 Å². The van der Waals surface area contributed by atoms with Gasteiger partial charge in [-0.1, -0.05) is 6.07 Å². The molecule has 4 aromatic rings. The molecular weight excluding hydrogens is 394 g/mol. The van der Waals surface area contributed by atoms with Gasteiger partial charge in [0.25, 0.3) is 5.91 Å². The van der Waals surface area contributed by atoms with E-state index in [0.29, 0.717) is 28.6 Å². The lowest BCUT2D eigenvalue weighted by atomic mass is 10.2. The molecule has 31 heavy (non-hydrogen) atoms. The lowest BCUT2D eigenvalue weighted by Crippen LogP contribution is -2.19. The van der Waals surface area contributed by atoms with Crippen molar-refractivity contribution in [3.8, 4) is 11.5 Å². The number of aromatic nitrogens is 3. The smallest absolute Gasteiger partial charge is 0.259 e. The molecule has 0 radical (unpaired) electrons. The highest BCUT2D eigenvalue weighted by Crippen LogP contribution is 2.31. The Morgan fingerprint density at radius 1 is 1.13 bits per heavy atom. The molecule has 0 saturated heterocycles. The summed E-state index contributed by atoms with van der Waals surface area (Å²) in [5.41, 5.74) is 2.70. The van der Waals surface area contributed by atoms with Crippen LogP contribution in [0.25, 0.3) is 5.65 Å². The van der Waals surface area contributed by atoms with E-state index in [1.807, 2.05) is 49.1 Å². The summed E-state index contributed by atoms with van der Waals surface area (Å²) in [6, 6.07) is 14.5. The Bertz CT molecular complexity index is 1190. The zero-order chi connectivity index (χ0) is 21.8. The molecule has 0 atom stereocenters. The number of benzene rings is 1. The third-order valence-electron chi connectivity index (χ3n) is 4.67. The number of methoxy groups -OCH3 is 1. The molecule has 158 valence electrons. The molecular formula is C23H23N5O3. The fourth-order valence-corrected chi connectivity index (χ4v) is 3.20. The SMILES string of the molecule is COc1ccc(NC(=O)c2cccnc2N(C)C)cc1OCc1cn2ccccc2n1. The first-order chi connectivity index (χ1) is 15.0. The Morgan fingerprint density at radius 3 is 2.77 bits per heavy atom. The lowest BCUT2D eigenvalue weighted by Gasteiger charge is -2.16. The number of nitrogens with zero attached hydrogens (tertiary/aromatic N) is 4. The number of rotatable bonds is 7. The van der Waals surface area contributed by atoms with E-state index in [1.165, 1.54) is 0 Å². The largest absolute Gasteiger partial charge is 0.493 e. The molecule has 0 aliphatic heterocycles. The highest BCUT2D eigenvalue weighted by atomic mass is 16.5. The zero-order valence-corrected chi connectivity index (χ0v) is 17.6. The first kappa shape index (κ1) is 20.2. The number of fused-ring (bicyclic) bond motifs is 1. The van der Waals surface area contributed by atoms with Gasteiger partial charge in [-0.15, -0.1) is 0 Å². The summed E-state index contributed by atoms with van der Waals surface area (Å²) in [6.07, 6.45) is 5.51. The van der Waals surface area contributed by atoms with Gasteiger partial charge in [-0.05, 0) is 36.4 Å². The summed E-state index contributed by atoms with van der Waals surface area (Å²) < 4.78 is 13.3. The van der Waals surface area contributed by atoms with Crippen molar-refractivity contribution < 1.29 is 14.3 Å². The van der Waals surface area contributed by atoms with Crippen LogP contribution in [0, 0.1) is 0 Å². The second-order valence-corrected chi connectivity index (χ2v) is 7.08. The van der Waals surface area contributed by atoms with Crippen LogP contribution < -0.4 is 19.7 Å². The van der Waals surface area contributed by atoms with Crippen LogP contribution in [0.15, 0.2) is 67.1 Å². The van der Waals surface area contributed by atoms with Crippen molar-refractivity contribution in [2.75, 3.05) is 31.4 Å². The third kappa shape index (κ3) is 4.42. The quantitative estimate of drug-likeness (QED) is 0.495. The normalized spacial score (nSPS) is 10.7. The van der Waals surface area contributed by atoms with E-state index in [-0.39, 0.29) is 12.5 Å². The van der Waals surface area contributed by atoms with Crippen molar-refractivity contribution in [1.82, 2.24) is 14.4 Å². The first-order valence-corrected chi connectivity index (χ1v) is 9.72. The van der Waals surface area contributed by atoms with E-state index >= 15 is 0 Å². The molecule has 3 aromatic heterocycles. The van der Waals surface area contributed by atoms with Gasteiger partial charge in [0.2, 0.25) is 0 Å². The van der Waals surface area contributed by atoms with Gasteiger partial charge in [-0.25, -0.2) is 9.97 Å². The van der Waals surface area contributed by atoms with Crippen molar-refractivity contribution in [3.63, 3.8) is 0 Å². The van der Waals surface area contributed by atoms with E-state index in [9.17, 15) is 4.79 Å². The second kappa shape index (κ2) is 8.74. The Kier molecular flexibility index (Phi) is 5.70. The van der Waals surface area contributed by atoms with Crippen molar-refractivity contribution >= 4 is 23.1 Å².